The van der Waals surface area contributed by atoms with E-state index in [-0.39, 0.29) is 12.0 Å². The second kappa shape index (κ2) is 11.7. The van der Waals surface area contributed by atoms with Crippen molar-refractivity contribution in [1.82, 2.24) is 4.90 Å². The van der Waals surface area contributed by atoms with Crippen LogP contribution in [0.1, 0.15) is 28.7 Å². The Balaban J connectivity index is 1.48. The van der Waals surface area contributed by atoms with E-state index in [4.69, 9.17) is 0 Å². The molecule has 1 fully saturated rings. The van der Waals surface area contributed by atoms with Gasteiger partial charge >= 0.3 is 0 Å². The third-order valence-corrected chi connectivity index (χ3v) is 7.93. The fourth-order valence-electron chi connectivity index (χ4n) is 5.99. The minimum absolute atomic E-state index is 0.129. The summed E-state index contributed by atoms with van der Waals surface area (Å²) in [6.45, 7) is 1.92. The molecule has 0 radical (unpaired) electrons. The lowest BCUT2D eigenvalue weighted by Gasteiger charge is -2.51. The van der Waals surface area contributed by atoms with Crippen molar-refractivity contribution >= 4 is 0 Å². The molecule has 2 nitrogen and oxygen atoms in total. The lowest BCUT2D eigenvalue weighted by molar-refractivity contribution is -0.100. The Labute approximate surface area is 216 Å². The van der Waals surface area contributed by atoms with E-state index in [0.29, 0.717) is 6.42 Å². The van der Waals surface area contributed by atoms with Crippen molar-refractivity contribution in [2.24, 2.45) is 5.92 Å². The molecule has 5 rings (SSSR count). The van der Waals surface area contributed by atoms with Gasteiger partial charge in [0.05, 0.1) is 5.60 Å². The molecule has 36 heavy (non-hydrogen) atoms. The molecule has 1 heterocycles. The van der Waals surface area contributed by atoms with Gasteiger partial charge in [0.1, 0.15) is 0 Å². The highest BCUT2D eigenvalue weighted by molar-refractivity contribution is 5.24. The van der Waals surface area contributed by atoms with Crippen molar-refractivity contribution < 1.29 is 5.11 Å². The van der Waals surface area contributed by atoms with Crippen LogP contribution in [0.4, 0.5) is 0 Å². The molecule has 0 aliphatic carbocycles. The minimum Gasteiger partial charge on any atom is -0.389 e. The maximum absolute atomic E-state index is 12.4. The normalized spacial score (nSPS) is 22.4. The quantitative estimate of drug-likeness (QED) is 0.304. The van der Waals surface area contributed by atoms with Crippen LogP contribution < -0.4 is 0 Å². The Morgan fingerprint density at radius 2 is 1.08 bits per heavy atom. The summed E-state index contributed by atoms with van der Waals surface area (Å²) in [6, 6.07) is 43.2. The van der Waals surface area contributed by atoms with Crippen molar-refractivity contribution in [2.75, 3.05) is 13.1 Å². The maximum Gasteiger partial charge on any atom is 0.0746 e. The summed E-state index contributed by atoms with van der Waals surface area (Å²) in [5.74, 6) is 0.129. The Morgan fingerprint density at radius 3 is 1.64 bits per heavy atom. The second-order valence-electron chi connectivity index (χ2n) is 10.3. The van der Waals surface area contributed by atoms with Crippen molar-refractivity contribution in [1.29, 1.82) is 0 Å². The van der Waals surface area contributed by atoms with E-state index in [2.05, 4.69) is 126 Å². The van der Waals surface area contributed by atoms with Gasteiger partial charge in [-0.15, -0.1) is 0 Å². The number of rotatable bonds is 9. The molecule has 4 aromatic carbocycles. The average molecular weight is 476 g/mol. The zero-order valence-corrected chi connectivity index (χ0v) is 21.0. The van der Waals surface area contributed by atoms with Crippen LogP contribution in [0.15, 0.2) is 121 Å². The summed E-state index contributed by atoms with van der Waals surface area (Å²) < 4.78 is 0. The number of hydrogen-bond donors (Lipinski definition) is 1. The summed E-state index contributed by atoms with van der Waals surface area (Å²) in [5.41, 5.74) is 4.49. The smallest absolute Gasteiger partial charge is 0.0746 e. The summed E-state index contributed by atoms with van der Waals surface area (Å²) >= 11 is 0. The van der Waals surface area contributed by atoms with Crippen LogP contribution in [-0.4, -0.2) is 34.7 Å². The molecule has 0 amide bonds. The van der Waals surface area contributed by atoms with Crippen LogP contribution in [0.3, 0.4) is 0 Å². The molecule has 184 valence electrons. The molecule has 1 aliphatic rings. The van der Waals surface area contributed by atoms with E-state index < -0.39 is 5.60 Å². The zero-order chi connectivity index (χ0) is 24.6. The number of piperidine rings is 1. The van der Waals surface area contributed by atoms with Gasteiger partial charge in [-0.1, -0.05) is 121 Å². The Morgan fingerprint density at radius 1 is 0.611 bits per heavy atom. The Hall–Kier alpha value is -3.20. The van der Waals surface area contributed by atoms with Crippen molar-refractivity contribution in [2.45, 2.75) is 43.7 Å². The molecule has 1 N–H and O–H groups in total. The van der Waals surface area contributed by atoms with Gasteiger partial charge in [0.25, 0.3) is 0 Å². The third-order valence-electron chi connectivity index (χ3n) is 7.93. The van der Waals surface area contributed by atoms with Gasteiger partial charge in [0.2, 0.25) is 0 Å². The van der Waals surface area contributed by atoms with E-state index >= 15 is 0 Å². The monoisotopic (exact) mass is 475 g/mol. The fraction of sp³-hybridized carbons (Fsp3) is 0.294. The van der Waals surface area contributed by atoms with E-state index in [1.165, 1.54) is 22.3 Å². The highest BCUT2D eigenvalue weighted by atomic mass is 16.3. The van der Waals surface area contributed by atoms with Gasteiger partial charge in [-0.25, -0.2) is 0 Å². The Bertz CT molecular complexity index is 1180. The van der Waals surface area contributed by atoms with Crippen molar-refractivity contribution in [3.63, 3.8) is 0 Å². The SMILES string of the molecule is O[C@]1(Cc2ccccc2)CCN(CCc2ccccc2)[C@@H](Cc2ccccc2)C1Cc1ccccc1. The molecule has 0 bridgehead atoms. The standard InChI is InChI=1S/C34H37NO/c36-34(27-31-19-11-4-12-20-31)22-24-35(23-21-28-13-5-1-6-14-28)33(26-30-17-9-3-10-18-30)32(34)25-29-15-7-2-8-16-29/h1-20,32-33,36H,21-27H2/t32?,33-,34-/m0/s1. The first kappa shape index (κ1) is 24.5. The van der Waals surface area contributed by atoms with Crippen LogP contribution in [0.5, 0.6) is 0 Å². The molecular formula is C34H37NO. The predicted molar refractivity (Wildman–Crippen MR) is 149 cm³/mol. The molecule has 0 saturated carbocycles. The molecule has 1 unspecified atom stereocenters. The van der Waals surface area contributed by atoms with E-state index in [0.717, 1.165) is 38.8 Å². The van der Waals surface area contributed by atoms with Crippen LogP contribution in [0.2, 0.25) is 0 Å². The van der Waals surface area contributed by atoms with Crippen LogP contribution in [-0.2, 0) is 25.7 Å². The van der Waals surface area contributed by atoms with Gasteiger partial charge in [-0.05, 0) is 47.9 Å². The van der Waals surface area contributed by atoms with E-state index in [1.807, 2.05) is 0 Å². The molecule has 2 heteroatoms. The summed E-state index contributed by atoms with van der Waals surface area (Å²) in [6.07, 6.45) is 4.34. The molecule has 4 aromatic rings. The molecular weight excluding hydrogens is 438 g/mol. The first-order chi connectivity index (χ1) is 17.7. The topological polar surface area (TPSA) is 23.5 Å². The largest absolute Gasteiger partial charge is 0.389 e. The number of likely N-dealkylation sites (tertiary alicyclic amines) is 1. The van der Waals surface area contributed by atoms with E-state index in [1.54, 1.807) is 0 Å². The van der Waals surface area contributed by atoms with Gasteiger partial charge in [0.15, 0.2) is 0 Å². The maximum atomic E-state index is 12.4. The number of benzene rings is 4. The van der Waals surface area contributed by atoms with Crippen molar-refractivity contribution in [3.8, 4) is 0 Å². The zero-order valence-electron chi connectivity index (χ0n) is 21.0. The lowest BCUT2D eigenvalue weighted by atomic mass is 9.68. The van der Waals surface area contributed by atoms with E-state index in [9.17, 15) is 5.11 Å². The third kappa shape index (κ3) is 6.13. The van der Waals surface area contributed by atoms with Gasteiger partial charge in [0, 0.05) is 31.5 Å². The highest BCUT2D eigenvalue weighted by Gasteiger charge is 2.47. The first-order valence-corrected chi connectivity index (χ1v) is 13.3. The summed E-state index contributed by atoms with van der Waals surface area (Å²) in [7, 11) is 0. The first-order valence-electron chi connectivity index (χ1n) is 13.3. The number of hydrogen-bond acceptors (Lipinski definition) is 2. The Kier molecular flexibility index (Phi) is 7.95. The van der Waals surface area contributed by atoms with Crippen LogP contribution in [0, 0.1) is 5.92 Å². The van der Waals surface area contributed by atoms with Crippen LogP contribution in [0.25, 0.3) is 0 Å². The van der Waals surface area contributed by atoms with Gasteiger partial charge in [-0.3, -0.25) is 4.90 Å². The summed E-state index contributed by atoms with van der Waals surface area (Å²) in [4.78, 5) is 2.66. The molecule has 0 aromatic heterocycles. The molecule has 1 saturated heterocycles. The molecule has 0 spiro atoms. The highest BCUT2D eigenvalue weighted by Crippen LogP contribution is 2.39. The lowest BCUT2D eigenvalue weighted by Crippen LogP contribution is -2.60. The fourth-order valence-corrected chi connectivity index (χ4v) is 5.99. The van der Waals surface area contributed by atoms with Crippen LogP contribution >= 0.6 is 0 Å². The second-order valence-corrected chi connectivity index (χ2v) is 10.3. The molecule has 1 aliphatic heterocycles. The van der Waals surface area contributed by atoms with Gasteiger partial charge in [-0.2, -0.15) is 0 Å². The minimum atomic E-state index is -0.750. The number of aliphatic hydroxyl groups is 1. The average Bonchev–Trinajstić information content (AvgIpc) is 2.93. The summed E-state index contributed by atoms with van der Waals surface area (Å²) in [5, 5.41) is 12.4. The van der Waals surface area contributed by atoms with Gasteiger partial charge < -0.3 is 5.11 Å². The molecule has 3 atom stereocenters. The van der Waals surface area contributed by atoms with Crippen molar-refractivity contribution in [3.05, 3.63) is 144 Å². The number of nitrogens with zero attached hydrogens (tertiary/aromatic N) is 1. The predicted octanol–water partition coefficient (Wildman–Crippen LogP) is 6.38.